The molecule has 3 rings (SSSR count). The first kappa shape index (κ1) is 19.4. The molecule has 0 saturated carbocycles. The number of ether oxygens (including phenoxy) is 2. The van der Waals surface area contributed by atoms with Crippen LogP contribution in [-0.2, 0) is 27.5 Å². The molecule has 1 heterocycles. The SMILES string of the molecule is COCC(NC(=O)Cn1c(COc2ccccc2)nc2ccccc21)C(=O)O. The van der Waals surface area contributed by atoms with E-state index in [2.05, 4.69) is 10.3 Å². The van der Waals surface area contributed by atoms with Crippen molar-refractivity contribution < 1.29 is 24.2 Å². The molecule has 0 fully saturated rings. The minimum absolute atomic E-state index is 0.0819. The molecule has 8 nitrogen and oxygen atoms in total. The maximum atomic E-state index is 12.5. The smallest absolute Gasteiger partial charge is 0.328 e. The zero-order valence-electron chi connectivity index (χ0n) is 15.4. The number of carbonyl (C=O) groups is 2. The molecular formula is C20H21N3O5. The van der Waals surface area contributed by atoms with Crippen molar-refractivity contribution >= 4 is 22.9 Å². The van der Waals surface area contributed by atoms with E-state index in [1.165, 1.54) is 7.11 Å². The topological polar surface area (TPSA) is 103 Å². The van der Waals surface area contributed by atoms with Gasteiger partial charge in [-0.2, -0.15) is 0 Å². The van der Waals surface area contributed by atoms with Gasteiger partial charge < -0.3 is 24.5 Å². The average molecular weight is 383 g/mol. The van der Waals surface area contributed by atoms with Crippen molar-refractivity contribution in [2.45, 2.75) is 19.2 Å². The lowest BCUT2D eigenvalue weighted by Crippen LogP contribution is -2.45. The molecule has 1 unspecified atom stereocenters. The fourth-order valence-electron chi connectivity index (χ4n) is 2.80. The number of aliphatic carboxylic acids is 1. The number of methoxy groups -OCH3 is 1. The molecule has 0 bridgehead atoms. The van der Waals surface area contributed by atoms with E-state index in [9.17, 15) is 14.7 Å². The number of rotatable bonds is 9. The van der Waals surface area contributed by atoms with Gasteiger partial charge in [-0.3, -0.25) is 4.79 Å². The van der Waals surface area contributed by atoms with Crippen molar-refractivity contribution in [2.24, 2.45) is 0 Å². The van der Waals surface area contributed by atoms with Gasteiger partial charge >= 0.3 is 5.97 Å². The number of carboxylic acids is 1. The maximum Gasteiger partial charge on any atom is 0.328 e. The molecule has 0 radical (unpaired) electrons. The second-order valence-electron chi connectivity index (χ2n) is 6.12. The average Bonchev–Trinajstić information content (AvgIpc) is 3.04. The molecule has 1 atom stereocenters. The minimum Gasteiger partial charge on any atom is -0.486 e. The number of amides is 1. The third-order valence-electron chi connectivity index (χ3n) is 4.11. The molecule has 0 saturated heterocycles. The van der Waals surface area contributed by atoms with E-state index in [4.69, 9.17) is 9.47 Å². The predicted octanol–water partition coefficient (Wildman–Crippen LogP) is 1.83. The standard InChI is InChI=1S/C20H21N3O5/c1-27-12-16(20(25)26)22-19(24)11-23-17-10-6-5-9-15(17)21-18(23)13-28-14-7-3-2-4-8-14/h2-10,16H,11-13H2,1H3,(H,22,24)(H,25,26). The van der Waals surface area contributed by atoms with Crippen LogP contribution in [0.15, 0.2) is 54.6 Å². The molecular weight excluding hydrogens is 362 g/mol. The summed E-state index contributed by atoms with van der Waals surface area (Å²) < 4.78 is 12.3. The third-order valence-corrected chi connectivity index (χ3v) is 4.11. The third kappa shape index (κ3) is 4.66. The summed E-state index contributed by atoms with van der Waals surface area (Å²) in [6, 6.07) is 15.6. The molecule has 0 aliphatic heterocycles. The number of para-hydroxylation sites is 3. The molecule has 0 spiro atoms. The Hall–Kier alpha value is -3.39. The van der Waals surface area contributed by atoms with E-state index in [1.54, 1.807) is 4.57 Å². The van der Waals surface area contributed by atoms with Crippen LogP contribution in [0.2, 0.25) is 0 Å². The van der Waals surface area contributed by atoms with E-state index in [0.29, 0.717) is 11.6 Å². The summed E-state index contributed by atoms with van der Waals surface area (Å²) in [7, 11) is 1.38. The number of nitrogens with zero attached hydrogens (tertiary/aromatic N) is 2. The van der Waals surface area contributed by atoms with E-state index >= 15 is 0 Å². The Bertz CT molecular complexity index is 955. The molecule has 2 aromatic carbocycles. The minimum atomic E-state index is -1.15. The summed E-state index contributed by atoms with van der Waals surface area (Å²) in [5.41, 5.74) is 1.50. The van der Waals surface area contributed by atoms with Crippen molar-refractivity contribution in [1.29, 1.82) is 0 Å². The van der Waals surface area contributed by atoms with Gasteiger partial charge in [0, 0.05) is 7.11 Å². The molecule has 1 aromatic heterocycles. The predicted molar refractivity (Wildman–Crippen MR) is 102 cm³/mol. The van der Waals surface area contributed by atoms with Gasteiger partial charge in [-0.1, -0.05) is 30.3 Å². The second-order valence-corrected chi connectivity index (χ2v) is 6.12. The number of hydrogen-bond donors (Lipinski definition) is 2. The van der Waals surface area contributed by atoms with Crippen molar-refractivity contribution in [3.63, 3.8) is 0 Å². The monoisotopic (exact) mass is 383 g/mol. The Morgan fingerprint density at radius 2 is 1.86 bits per heavy atom. The number of hydrogen-bond acceptors (Lipinski definition) is 5. The van der Waals surface area contributed by atoms with Gasteiger partial charge in [-0.25, -0.2) is 9.78 Å². The van der Waals surface area contributed by atoms with Crippen LogP contribution in [0, 0.1) is 0 Å². The van der Waals surface area contributed by atoms with Crippen molar-refractivity contribution in [1.82, 2.24) is 14.9 Å². The lowest BCUT2D eigenvalue weighted by Gasteiger charge is -2.15. The van der Waals surface area contributed by atoms with Crippen molar-refractivity contribution in [2.75, 3.05) is 13.7 Å². The Kier molecular flexibility index (Phi) is 6.23. The zero-order valence-corrected chi connectivity index (χ0v) is 15.4. The van der Waals surface area contributed by atoms with Crippen LogP contribution in [0.1, 0.15) is 5.82 Å². The van der Waals surface area contributed by atoms with Crippen LogP contribution >= 0.6 is 0 Å². The Morgan fingerprint density at radius 3 is 2.57 bits per heavy atom. The highest BCUT2D eigenvalue weighted by molar-refractivity contribution is 5.85. The van der Waals surface area contributed by atoms with Gasteiger partial charge in [0.1, 0.15) is 24.7 Å². The number of aromatic nitrogens is 2. The zero-order chi connectivity index (χ0) is 19.9. The Balaban J connectivity index is 1.80. The summed E-state index contributed by atoms with van der Waals surface area (Å²) in [5, 5.41) is 11.7. The molecule has 0 aliphatic rings. The van der Waals surface area contributed by atoms with Gasteiger partial charge in [0.05, 0.1) is 17.6 Å². The molecule has 146 valence electrons. The quantitative estimate of drug-likeness (QED) is 0.584. The van der Waals surface area contributed by atoms with Crippen LogP contribution < -0.4 is 10.1 Å². The Labute approximate surface area is 161 Å². The summed E-state index contributed by atoms with van der Waals surface area (Å²) in [6.07, 6.45) is 0. The Morgan fingerprint density at radius 1 is 1.14 bits per heavy atom. The highest BCUT2D eigenvalue weighted by Crippen LogP contribution is 2.18. The number of benzene rings is 2. The van der Waals surface area contributed by atoms with Gasteiger partial charge in [0.25, 0.3) is 0 Å². The molecule has 2 N–H and O–H groups in total. The number of carboxylic acid groups (broad SMARTS) is 1. The summed E-state index contributed by atoms with van der Waals surface area (Å²) in [5.74, 6) is -0.345. The lowest BCUT2D eigenvalue weighted by molar-refractivity contribution is -0.143. The van der Waals surface area contributed by atoms with Crippen LogP contribution in [0.3, 0.4) is 0 Å². The van der Waals surface area contributed by atoms with Crippen LogP contribution in [0.5, 0.6) is 5.75 Å². The lowest BCUT2D eigenvalue weighted by atomic mass is 10.3. The second kappa shape index (κ2) is 9.01. The number of imidazole rings is 1. The number of carbonyl (C=O) groups excluding carboxylic acids is 1. The first-order valence-electron chi connectivity index (χ1n) is 8.71. The van der Waals surface area contributed by atoms with Crippen molar-refractivity contribution in [3.05, 3.63) is 60.4 Å². The van der Waals surface area contributed by atoms with Gasteiger partial charge in [-0.05, 0) is 24.3 Å². The molecule has 1 amide bonds. The van der Waals surface area contributed by atoms with Crippen LogP contribution in [0.25, 0.3) is 11.0 Å². The van der Waals surface area contributed by atoms with E-state index < -0.39 is 17.9 Å². The molecule has 0 aliphatic carbocycles. The van der Waals surface area contributed by atoms with E-state index in [-0.39, 0.29) is 19.8 Å². The highest BCUT2D eigenvalue weighted by atomic mass is 16.5. The fourth-order valence-corrected chi connectivity index (χ4v) is 2.80. The van der Waals surface area contributed by atoms with Gasteiger partial charge in [0.15, 0.2) is 6.04 Å². The molecule has 3 aromatic rings. The normalized spacial score (nSPS) is 11.9. The molecule has 8 heteroatoms. The van der Waals surface area contributed by atoms with E-state index in [0.717, 1.165) is 11.0 Å². The molecule has 28 heavy (non-hydrogen) atoms. The van der Waals surface area contributed by atoms with Crippen LogP contribution in [-0.4, -0.2) is 46.3 Å². The summed E-state index contributed by atoms with van der Waals surface area (Å²) in [4.78, 5) is 28.2. The highest BCUT2D eigenvalue weighted by Gasteiger charge is 2.21. The van der Waals surface area contributed by atoms with Crippen LogP contribution in [0.4, 0.5) is 0 Å². The summed E-state index contributed by atoms with van der Waals surface area (Å²) in [6.45, 7) is -0.0242. The fraction of sp³-hybridized carbons (Fsp3) is 0.250. The maximum absolute atomic E-state index is 12.5. The first-order valence-corrected chi connectivity index (χ1v) is 8.71. The van der Waals surface area contributed by atoms with Gasteiger partial charge in [0.2, 0.25) is 5.91 Å². The number of fused-ring (bicyclic) bond motifs is 1. The number of nitrogens with one attached hydrogen (secondary N) is 1. The van der Waals surface area contributed by atoms with Crippen molar-refractivity contribution in [3.8, 4) is 5.75 Å². The van der Waals surface area contributed by atoms with Gasteiger partial charge in [-0.15, -0.1) is 0 Å². The largest absolute Gasteiger partial charge is 0.486 e. The first-order chi connectivity index (χ1) is 13.6. The van der Waals surface area contributed by atoms with E-state index in [1.807, 2.05) is 54.6 Å². The summed E-state index contributed by atoms with van der Waals surface area (Å²) >= 11 is 0.